The molecule has 0 aromatic heterocycles. The van der Waals surface area contributed by atoms with Crippen LogP contribution in [0.4, 0.5) is 4.70 Å². The minimum absolute atomic E-state index is 0. The van der Waals surface area contributed by atoms with Crippen molar-refractivity contribution in [2.24, 2.45) is 11.8 Å². The first-order valence-corrected chi connectivity index (χ1v) is 11.6. The van der Waals surface area contributed by atoms with E-state index in [4.69, 9.17) is 0 Å². The monoisotopic (exact) mass is 411 g/mol. The van der Waals surface area contributed by atoms with Crippen molar-refractivity contribution in [3.05, 3.63) is 90.5 Å². The summed E-state index contributed by atoms with van der Waals surface area (Å²) in [5.74, 6) is 1.79. The Hall–Kier alpha value is -1.89. The molecule has 1 unspecified atom stereocenters. The molecule has 0 N–H and O–H groups in total. The molecule has 4 aliphatic carbocycles. The van der Waals surface area contributed by atoms with Crippen molar-refractivity contribution >= 4 is 0 Å². The Morgan fingerprint density at radius 2 is 1.67 bits per heavy atom. The summed E-state index contributed by atoms with van der Waals surface area (Å²) in [5, 5.41) is 0. The summed E-state index contributed by atoms with van der Waals surface area (Å²) in [6.45, 7) is 12.5. The summed E-state index contributed by atoms with van der Waals surface area (Å²) in [6, 6.07) is 0. The molecule has 0 bridgehead atoms. The molecule has 0 aromatic carbocycles. The van der Waals surface area contributed by atoms with E-state index in [9.17, 15) is 0 Å². The molecule has 0 aliphatic heterocycles. The van der Waals surface area contributed by atoms with E-state index in [1.54, 1.807) is 0 Å². The van der Waals surface area contributed by atoms with Gasteiger partial charge in [-0.05, 0) is 44.4 Å². The van der Waals surface area contributed by atoms with E-state index in [1.807, 2.05) is 18.2 Å². The quantitative estimate of drug-likeness (QED) is 0.434. The molecule has 0 saturated heterocycles. The fourth-order valence-electron chi connectivity index (χ4n) is 3.48. The van der Waals surface area contributed by atoms with Gasteiger partial charge in [0.25, 0.3) is 0 Å². The van der Waals surface area contributed by atoms with Crippen molar-refractivity contribution in [1.82, 2.24) is 0 Å². The van der Waals surface area contributed by atoms with Gasteiger partial charge in [0.1, 0.15) is 0 Å². The maximum Gasteiger partial charge on any atom is 0.00833 e. The first-order chi connectivity index (χ1) is 14.1. The van der Waals surface area contributed by atoms with Crippen LogP contribution in [0, 0.1) is 18.3 Å². The second kappa shape index (κ2) is 17.9. The molecular formula is C29H44F. The minimum Gasteiger partial charge on any atom is -0.269 e. The fourth-order valence-corrected chi connectivity index (χ4v) is 3.48. The van der Waals surface area contributed by atoms with Gasteiger partial charge in [-0.3, -0.25) is 4.70 Å². The zero-order valence-corrected chi connectivity index (χ0v) is 19.8. The van der Waals surface area contributed by atoms with Crippen LogP contribution in [-0.2, 0) is 0 Å². The van der Waals surface area contributed by atoms with Gasteiger partial charge in [0.05, 0.1) is 0 Å². The molecule has 1 radical (unpaired) electrons. The van der Waals surface area contributed by atoms with E-state index in [2.05, 4.69) is 83.2 Å². The number of hydrogen-bond acceptors (Lipinski definition) is 0. The molecule has 0 spiro atoms. The SMILES string of the molecule is C=CC1=CCC1.CC1CCCC1.CCC1=CC=CC=C[CH]1.CCC1C=CC=C1C.F. The van der Waals surface area contributed by atoms with Gasteiger partial charge in [0.15, 0.2) is 0 Å². The summed E-state index contributed by atoms with van der Waals surface area (Å²) in [5.41, 5.74) is 4.31. The van der Waals surface area contributed by atoms with E-state index in [0.29, 0.717) is 0 Å². The van der Waals surface area contributed by atoms with Crippen molar-refractivity contribution in [2.75, 3.05) is 0 Å². The second-order valence-corrected chi connectivity index (χ2v) is 8.25. The zero-order valence-electron chi connectivity index (χ0n) is 19.8. The van der Waals surface area contributed by atoms with E-state index < -0.39 is 0 Å². The molecule has 1 heteroatoms. The van der Waals surface area contributed by atoms with Crippen LogP contribution in [0.2, 0.25) is 0 Å². The van der Waals surface area contributed by atoms with Crippen molar-refractivity contribution < 1.29 is 4.70 Å². The van der Waals surface area contributed by atoms with Gasteiger partial charge >= 0.3 is 0 Å². The van der Waals surface area contributed by atoms with Crippen LogP contribution in [0.15, 0.2) is 84.1 Å². The van der Waals surface area contributed by atoms with Crippen LogP contribution in [-0.4, -0.2) is 0 Å². The third-order valence-corrected chi connectivity index (χ3v) is 5.83. The Balaban J connectivity index is 0.000000375. The molecule has 1 saturated carbocycles. The maximum atomic E-state index is 3.61. The Morgan fingerprint density at radius 1 is 1.00 bits per heavy atom. The molecule has 0 nitrogen and oxygen atoms in total. The molecule has 30 heavy (non-hydrogen) atoms. The molecule has 0 heterocycles. The second-order valence-electron chi connectivity index (χ2n) is 8.25. The van der Waals surface area contributed by atoms with Crippen LogP contribution in [0.1, 0.15) is 79.1 Å². The molecule has 0 aromatic rings. The highest BCUT2D eigenvalue weighted by Gasteiger charge is 2.07. The number of rotatable bonds is 3. The Kier molecular flexibility index (Phi) is 16.8. The fraction of sp³-hybridized carbons (Fsp3) is 0.483. The molecular weight excluding hydrogens is 367 g/mol. The van der Waals surface area contributed by atoms with Gasteiger partial charge in [0.2, 0.25) is 0 Å². The lowest BCUT2D eigenvalue weighted by molar-refractivity contribution is 0.612. The van der Waals surface area contributed by atoms with Crippen molar-refractivity contribution in [2.45, 2.75) is 79.1 Å². The average Bonchev–Trinajstić information content (AvgIpc) is 3.25. The Labute approximate surface area is 186 Å². The Morgan fingerprint density at radius 3 is 2.00 bits per heavy atom. The third-order valence-electron chi connectivity index (χ3n) is 5.83. The van der Waals surface area contributed by atoms with Crippen LogP contribution in [0.3, 0.4) is 0 Å². The number of allylic oxidation sites excluding steroid dienone is 13. The van der Waals surface area contributed by atoms with Crippen molar-refractivity contribution in [3.63, 3.8) is 0 Å². The zero-order chi connectivity index (χ0) is 21.3. The van der Waals surface area contributed by atoms with Crippen molar-refractivity contribution in [3.8, 4) is 0 Å². The number of hydrogen-bond donors (Lipinski definition) is 0. The molecule has 0 amide bonds. The number of halogens is 1. The standard InChI is InChI=1S/C9H11.C8H12.C6H12.C6H8.FH/c1-2-9-7-5-3-4-6-8-9;1-3-8-6-4-5-7(8)2;1-6-4-2-3-5-6;1-2-6-4-3-5-6;/h3-8H,2H2,1H3;4-6,8H,3H2,1-2H3;6H,2-5H2,1H3;2,4H,1,3,5H2;1H. The lowest BCUT2D eigenvalue weighted by Gasteiger charge is -2.06. The van der Waals surface area contributed by atoms with Gasteiger partial charge < -0.3 is 0 Å². The van der Waals surface area contributed by atoms with E-state index in [0.717, 1.165) is 18.3 Å². The van der Waals surface area contributed by atoms with Gasteiger partial charge in [-0.1, -0.05) is 131 Å². The molecule has 1 atom stereocenters. The largest absolute Gasteiger partial charge is 0.269 e. The Bertz CT molecular complexity index is 633. The van der Waals surface area contributed by atoms with Gasteiger partial charge in [-0.15, -0.1) is 0 Å². The first kappa shape index (κ1) is 28.1. The van der Waals surface area contributed by atoms with Crippen LogP contribution in [0.5, 0.6) is 0 Å². The summed E-state index contributed by atoms with van der Waals surface area (Å²) in [4.78, 5) is 0. The average molecular weight is 412 g/mol. The smallest absolute Gasteiger partial charge is 0.00833 e. The van der Waals surface area contributed by atoms with Gasteiger partial charge in [-0.2, -0.15) is 0 Å². The van der Waals surface area contributed by atoms with Crippen molar-refractivity contribution in [1.29, 1.82) is 0 Å². The highest BCUT2D eigenvalue weighted by molar-refractivity contribution is 5.31. The van der Waals surface area contributed by atoms with Crippen LogP contribution >= 0.6 is 0 Å². The van der Waals surface area contributed by atoms with E-state index in [1.165, 1.54) is 61.7 Å². The predicted molar refractivity (Wildman–Crippen MR) is 135 cm³/mol. The summed E-state index contributed by atoms with van der Waals surface area (Å²) >= 11 is 0. The molecule has 1 fully saturated rings. The van der Waals surface area contributed by atoms with Crippen LogP contribution < -0.4 is 0 Å². The summed E-state index contributed by atoms with van der Waals surface area (Å²) in [6.07, 6.45) is 34.0. The van der Waals surface area contributed by atoms with Crippen LogP contribution in [0.25, 0.3) is 0 Å². The topological polar surface area (TPSA) is 0 Å². The maximum absolute atomic E-state index is 3.61. The highest BCUT2D eigenvalue weighted by Crippen LogP contribution is 2.23. The van der Waals surface area contributed by atoms with E-state index >= 15 is 0 Å². The van der Waals surface area contributed by atoms with Gasteiger partial charge in [-0.25, -0.2) is 0 Å². The van der Waals surface area contributed by atoms with E-state index in [-0.39, 0.29) is 4.70 Å². The molecule has 4 aliphatic rings. The highest BCUT2D eigenvalue weighted by atomic mass is 19.0. The third kappa shape index (κ3) is 12.6. The predicted octanol–water partition coefficient (Wildman–Crippen LogP) is 9.42. The normalized spacial score (nSPS) is 20.9. The molecule has 167 valence electrons. The lowest BCUT2D eigenvalue weighted by Crippen LogP contribution is -1.90. The minimum atomic E-state index is 0. The summed E-state index contributed by atoms with van der Waals surface area (Å²) < 4.78 is 0. The molecule has 4 rings (SSSR count). The summed E-state index contributed by atoms with van der Waals surface area (Å²) in [7, 11) is 0. The lowest BCUT2D eigenvalue weighted by atomic mass is 10.00. The van der Waals surface area contributed by atoms with Gasteiger partial charge in [0, 0.05) is 6.42 Å². The first-order valence-electron chi connectivity index (χ1n) is 11.6.